The number of hydrogen-bond donors (Lipinski definition) is 3. The smallest absolute Gasteiger partial charge is 0.168 e. The van der Waals surface area contributed by atoms with Gasteiger partial charge in [-0.3, -0.25) is 14.9 Å². The summed E-state index contributed by atoms with van der Waals surface area (Å²) in [7, 11) is 0. The van der Waals surface area contributed by atoms with Gasteiger partial charge >= 0.3 is 0 Å². The van der Waals surface area contributed by atoms with Gasteiger partial charge in [-0.05, 0) is 36.7 Å². The van der Waals surface area contributed by atoms with Crippen LogP contribution in [0.25, 0.3) is 0 Å². The van der Waals surface area contributed by atoms with Crippen molar-refractivity contribution in [3.63, 3.8) is 0 Å². The molecule has 0 aromatic carbocycles. The average molecular weight is 434 g/mol. The summed E-state index contributed by atoms with van der Waals surface area (Å²) in [5, 5.41) is 15.7. The van der Waals surface area contributed by atoms with E-state index in [1.54, 1.807) is 0 Å². The number of ketones is 1. The topological polar surface area (TPSA) is 95.3 Å². The Hall–Kier alpha value is -3.00. The Morgan fingerprint density at radius 3 is 2.97 bits per heavy atom. The second kappa shape index (κ2) is 6.75. The summed E-state index contributed by atoms with van der Waals surface area (Å²) in [6, 6.07) is 4.26. The number of H-pyrrole nitrogens is 1. The molecule has 4 heterocycles. The number of aliphatic imine (C=N–C) groups is 1. The van der Waals surface area contributed by atoms with Crippen molar-refractivity contribution >= 4 is 28.5 Å². The molecule has 0 saturated heterocycles. The van der Waals surface area contributed by atoms with Gasteiger partial charge in [-0.1, -0.05) is 38.2 Å². The highest BCUT2D eigenvalue weighted by Crippen LogP contribution is 2.49. The number of fused-ring (bicyclic) bond motifs is 2. The number of hydrogen-bond acceptors (Lipinski definition) is 7. The van der Waals surface area contributed by atoms with E-state index < -0.39 is 0 Å². The number of furan rings is 1. The molecule has 3 N–H and O–H groups in total. The molecule has 3 atom stereocenters. The zero-order chi connectivity index (χ0) is 21.2. The van der Waals surface area contributed by atoms with Crippen molar-refractivity contribution < 1.29 is 9.21 Å². The van der Waals surface area contributed by atoms with Crippen molar-refractivity contribution in [2.24, 2.45) is 10.4 Å². The molecule has 2 aromatic heterocycles. The number of nitrogens with one attached hydrogen (secondary N) is 3. The molecule has 8 heteroatoms. The molecule has 4 aliphatic rings. The predicted octanol–water partition coefficient (Wildman–Crippen LogP) is 4.12. The molecule has 0 bridgehead atoms. The van der Waals surface area contributed by atoms with E-state index in [0.717, 1.165) is 51.5 Å². The number of Topliss-reactive ketones (excluding diaryl/α,β-unsaturated/α-hetero) is 1. The molecule has 31 heavy (non-hydrogen) atoms. The maximum absolute atomic E-state index is 13.4. The maximum Gasteiger partial charge on any atom is 0.168 e. The Bertz CT molecular complexity index is 1200. The highest BCUT2D eigenvalue weighted by Gasteiger charge is 2.44. The number of anilines is 1. The molecule has 158 valence electrons. The lowest BCUT2D eigenvalue weighted by Gasteiger charge is -2.37. The number of allylic oxidation sites excluding steroid dienone is 4. The van der Waals surface area contributed by atoms with Crippen molar-refractivity contribution in [1.29, 1.82) is 0 Å². The van der Waals surface area contributed by atoms with Crippen LogP contribution in [0.3, 0.4) is 0 Å². The van der Waals surface area contributed by atoms with E-state index in [1.165, 1.54) is 11.8 Å². The van der Waals surface area contributed by atoms with Crippen molar-refractivity contribution in [1.82, 2.24) is 15.5 Å². The summed E-state index contributed by atoms with van der Waals surface area (Å²) >= 11 is 1.48. The fourth-order valence-corrected chi connectivity index (χ4v) is 5.53. The molecule has 0 radical (unpaired) electrons. The van der Waals surface area contributed by atoms with Crippen LogP contribution in [0.2, 0.25) is 0 Å². The molecule has 2 aliphatic carbocycles. The van der Waals surface area contributed by atoms with Crippen LogP contribution in [0, 0.1) is 5.41 Å². The van der Waals surface area contributed by atoms with Gasteiger partial charge in [0.1, 0.15) is 5.76 Å². The monoisotopic (exact) mass is 433 g/mol. The molecular formula is C23H23N5O2S. The van der Waals surface area contributed by atoms with Crippen LogP contribution < -0.4 is 10.6 Å². The number of aromatic nitrogens is 2. The first-order chi connectivity index (χ1) is 15.0. The molecule has 6 rings (SSSR count). The normalized spacial score (nSPS) is 27.9. The zero-order valence-corrected chi connectivity index (χ0v) is 18.1. The number of carbonyl (C=O) groups excluding carboxylic acids is 1. The van der Waals surface area contributed by atoms with Gasteiger partial charge in [-0.15, -0.1) is 0 Å². The molecule has 2 aliphatic heterocycles. The van der Waals surface area contributed by atoms with E-state index in [2.05, 4.69) is 33.0 Å². The van der Waals surface area contributed by atoms with E-state index in [4.69, 9.17) is 9.41 Å². The number of aromatic amines is 1. The van der Waals surface area contributed by atoms with Crippen molar-refractivity contribution in [2.45, 2.75) is 49.8 Å². The second-order valence-electron chi connectivity index (χ2n) is 8.98. The quantitative estimate of drug-likeness (QED) is 0.660. The van der Waals surface area contributed by atoms with Crippen LogP contribution in [0.5, 0.6) is 0 Å². The SMILES string of the molecule is CC1(C)CCC2=C(C1=O)C(c1ccc(SC3=NC4C=CC=CC4N3)o1)c1c[nH]nc1N2. The standard InChI is InChI=1S/C23H23N5O2S/c1-23(2)10-9-15-19(20(23)29)18(12-11-24-28-21(12)25-15)16-7-8-17(30-16)31-22-26-13-5-3-4-6-14(13)27-22/h3-8,11,13-14,18H,9-10H2,1-2H3,(H,26,27)(H2,24,25,28). The van der Waals surface area contributed by atoms with Crippen LogP contribution in [0.15, 0.2) is 68.4 Å². The maximum atomic E-state index is 13.4. The number of thioether (sulfide) groups is 1. The lowest BCUT2D eigenvalue weighted by Crippen LogP contribution is -2.36. The lowest BCUT2D eigenvalue weighted by molar-refractivity contribution is -0.124. The fourth-order valence-electron chi connectivity index (χ4n) is 4.70. The minimum absolute atomic E-state index is 0.134. The summed E-state index contributed by atoms with van der Waals surface area (Å²) in [6.07, 6.45) is 11.8. The molecular weight excluding hydrogens is 410 g/mol. The Morgan fingerprint density at radius 2 is 2.10 bits per heavy atom. The second-order valence-corrected chi connectivity index (χ2v) is 9.97. The summed E-state index contributed by atoms with van der Waals surface area (Å²) in [4.78, 5) is 18.1. The van der Waals surface area contributed by atoms with Crippen LogP contribution >= 0.6 is 11.8 Å². The van der Waals surface area contributed by atoms with Gasteiger partial charge in [0.15, 0.2) is 21.9 Å². The van der Waals surface area contributed by atoms with Crippen LogP contribution in [-0.2, 0) is 4.79 Å². The van der Waals surface area contributed by atoms with Crippen molar-refractivity contribution in [2.75, 3.05) is 5.32 Å². The Labute approximate surface area is 184 Å². The fraction of sp³-hybridized carbons (Fsp3) is 0.348. The lowest BCUT2D eigenvalue weighted by atomic mass is 9.69. The number of carbonyl (C=O) groups is 1. The van der Waals surface area contributed by atoms with Gasteiger partial charge in [0.2, 0.25) is 0 Å². The van der Waals surface area contributed by atoms with Gasteiger partial charge in [-0.25, -0.2) is 0 Å². The summed E-state index contributed by atoms with van der Waals surface area (Å²) in [5.41, 5.74) is 2.32. The molecule has 0 fully saturated rings. The third kappa shape index (κ3) is 3.00. The van der Waals surface area contributed by atoms with E-state index in [9.17, 15) is 4.79 Å². The van der Waals surface area contributed by atoms with Crippen LogP contribution in [-0.4, -0.2) is 33.2 Å². The zero-order valence-electron chi connectivity index (χ0n) is 17.3. The minimum Gasteiger partial charge on any atom is -0.453 e. The number of rotatable bonds is 2. The van der Waals surface area contributed by atoms with Gasteiger partial charge in [-0.2, -0.15) is 5.10 Å². The van der Waals surface area contributed by atoms with E-state index in [-0.39, 0.29) is 29.2 Å². The Morgan fingerprint density at radius 1 is 1.23 bits per heavy atom. The van der Waals surface area contributed by atoms with E-state index in [1.807, 2.05) is 44.3 Å². The van der Waals surface area contributed by atoms with Gasteiger partial charge in [0, 0.05) is 28.4 Å². The first kappa shape index (κ1) is 18.7. The van der Waals surface area contributed by atoms with E-state index >= 15 is 0 Å². The van der Waals surface area contributed by atoms with Gasteiger partial charge in [0.05, 0.1) is 18.0 Å². The molecule has 0 spiro atoms. The summed E-state index contributed by atoms with van der Waals surface area (Å²) in [6.45, 7) is 4.05. The van der Waals surface area contributed by atoms with Crippen LogP contribution in [0.1, 0.15) is 43.9 Å². The number of amidine groups is 1. The largest absolute Gasteiger partial charge is 0.453 e. The molecule has 2 aromatic rings. The molecule has 0 saturated carbocycles. The van der Waals surface area contributed by atoms with E-state index in [0.29, 0.717) is 0 Å². The first-order valence-corrected chi connectivity index (χ1v) is 11.4. The van der Waals surface area contributed by atoms with Gasteiger partial charge < -0.3 is 15.1 Å². The predicted molar refractivity (Wildman–Crippen MR) is 120 cm³/mol. The third-order valence-electron chi connectivity index (χ3n) is 6.47. The molecule has 3 unspecified atom stereocenters. The summed E-state index contributed by atoms with van der Waals surface area (Å²) in [5.74, 6) is 1.43. The Balaban J connectivity index is 1.33. The molecule has 7 nitrogen and oxygen atoms in total. The average Bonchev–Trinajstić information content (AvgIpc) is 3.48. The molecule has 0 amide bonds. The summed E-state index contributed by atoms with van der Waals surface area (Å²) < 4.78 is 6.28. The van der Waals surface area contributed by atoms with Gasteiger partial charge in [0.25, 0.3) is 0 Å². The number of nitrogens with zero attached hydrogens (tertiary/aromatic N) is 2. The first-order valence-electron chi connectivity index (χ1n) is 10.5. The Kier molecular flexibility index (Phi) is 4.08. The third-order valence-corrected chi connectivity index (χ3v) is 7.31. The van der Waals surface area contributed by atoms with Crippen LogP contribution in [0.4, 0.5) is 5.82 Å². The minimum atomic E-state index is -0.385. The van der Waals surface area contributed by atoms with Crippen molar-refractivity contribution in [3.8, 4) is 0 Å². The highest BCUT2D eigenvalue weighted by atomic mass is 32.2. The van der Waals surface area contributed by atoms with Crippen molar-refractivity contribution in [3.05, 3.63) is 65.2 Å². The highest BCUT2D eigenvalue weighted by molar-refractivity contribution is 8.13.